The Morgan fingerprint density at radius 2 is 1.83 bits per heavy atom. The quantitative estimate of drug-likeness (QED) is 0.717. The van der Waals surface area contributed by atoms with Crippen LogP contribution >= 0.6 is 15.9 Å². The minimum absolute atomic E-state index is 0.0155. The predicted molar refractivity (Wildman–Crippen MR) is 101 cm³/mol. The summed E-state index contributed by atoms with van der Waals surface area (Å²) in [5, 5.41) is 6.23. The SMILES string of the molecule is Cc1cc(Br)ccc1NC(=O)CCNc1ccc(C(C)C)cc1. The number of carbonyl (C=O) groups is 1. The van der Waals surface area contributed by atoms with E-state index in [1.54, 1.807) is 0 Å². The molecule has 0 fully saturated rings. The monoisotopic (exact) mass is 374 g/mol. The first-order chi connectivity index (χ1) is 11.0. The maximum Gasteiger partial charge on any atom is 0.226 e. The maximum atomic E-state index is 12.0. The van der Waals surface area contributed by atoms with E-state index in [1.807, 2.05) is 25.1 Å². The summed E-state index contributed by atoms with van der Waals surface area (Å²) in [5.74, 6) is 0.547. The molecule has 0 atom stereocenters. The van der Waals surface area contributed by atoms with Crippen LogP contribution in [0.1, 0.15) is 37.3 Å². The van der Waals surface area contributed by atoms with Gasteiger partial charge < -0.3 is 10.6 Å². The third-order valence-corrected chi connectivity index (χ3v) is 4.21. The van der Waals surface area contributed by atoms with Crippen LogP contribution in [0.5, 0.6) is 0 Å². The third kappa shape index (κ3) is 5.39. The Bertz CT molecular complexity index is 666. The first kappa shape index (κ1) is 17.5. The molecular formula is C19H23BrN2O. The lowest BCUT2D eigenvalue weighted by Crippen LogP contribution is -2.16. The summed E-state index contributed by atoms with van der Waals surface area (Å²) in [5.41, 5.74) is 4.27. The van der Waals surface area contributed by atoms with Crippen molar-refractivity contribution in [1.82, 2.24) is 0 Å². The summed E-state index contributed by atoms with van der Waals surface area (Å²) in [6.45, 7) is 6.95. The molecule has 0 aromatic heterocycles. The summed E-state index contributed by atoms with van der Waals surface area (Å²) >= 11 is 3.42. The molecule has 2 N–H and O–H groups in total. The van der Waals surface area contributed by atoms with Gasteiger partial charge in [-0.05, 0) is 54.3 Å². The average Bonchev–Trinajstić information content (AvgIpc) is 2.50. The zero-order valence-corrected chi connectivity index (χ0v) is 15.4. The molecule has 0 aliphatic heterocycles. The molecule has 0 spiro atoms. The molecule has 1 amide bonds. The third-order valence-electron chi connectivity index (χ3n) is 3.72. The Morgan fingerprint density at radius 1 is 1.13 bits per heavy atom. The van der Waals surface area contributed by atoms with E-state index < -0.39 is 0 Å². The summed E-state index contributed by atoms with van der Waals surface area (Å²) in [7, 11) is 0. The van der Waals surface area contributed by atoms with E-state index in [4.69, 9.17) is 0 Å². The van der Waals surface area contributed by atoms with Gasteiger partial charge in [0, 0.05) is 28.8 Å². The van der Waals surface area contributed by atoms with E-state index >= 15 is 0 Å². The van der Waals surface area contributed by atoms with Gasteiger partial charge in [0.25, 0.3) is 0 Å². The lowest BCUT2D eigenvalue weighted by molar-refractivity contribution is -0.115. The van der Waals surface area contributed by atoms with Gasteiger partial charge in [-0.1, -0.05) is 41.9 Å². The Balaban J connectivity index is 1.80. The zero-order valence-electron chi connectivity index (χ0n) is 13.8. The van der Waals surface area contributed by atoms with Crippen LogP contribution in [0.4, 0.5) is 11.4 Å². The van der Waals surface area contributed by atoms with Gasteiger partial charge in [0.1, 0.15) is 0 Å². The largest absolute Gasteiger partial charge is 0.385 e. The Hall–Kier alpha value is -1.81. The number of carbonyl (C=O) groups excluding carboxylic acids is 1. The number of hydrogen-bond donors (Lipinski definition) is 2. The predicted octanol–water partition coefficient (Wildman–Crippen LogP) is 5.32. The van der Waals surface area contributed by atoms with Crippen LogP contribution in [-0.2, 0) is 4.79 Å². The Labute approximate surface area is 146 Å². The van der Waals surface area contributed by atoms with Gasteiger partial charge in [0.05, 0.1) is 0 Å². The summed E-state index contributed by atoms with van der Waals surface area (Å²) in [6.07, 6.45) is 0.432. The van der Waals surface area contributed by atoms with Gasteiger partial charge >= 0.3 is 0 Å². The topological polar surface area (TPSA) is 41.1 Å². The summed E-state index contributed by atoms with van der Waals surface area (Å²) in [6, 6.07) is 14.2. The fourth-order valence-electron chi connectivity index (χ4n) is 2.29. The van der Waals surface area contributed by atoms with Gasteiger partial charge in [0.2, 0.25) is 5.91 Å². The van der Waals surface area contributed by atoms with Gasteiger partial charge in [-0.3, -0.25) is 4.79 Å². The number of benzene rings is 2. The fourth-order valence-corrected chi connectivity index (χ4v) is 2.76. The smallest absolute Gasteiger partial charge is 0.226 e. The minimum atomic E-state index is 0.0155. The molecule has 0 bridgehead atoms. The highest BCUT2D eigenvalue weighted by molar-refractivity contribution is 9.10. The summed E-state index contributed by atoms with van der Waals surface area (Å²) < 4.78 is 1.01. The van der Waals surface area contributed by atoms with Crippen molar-refractivity contribution in [2.45, 2.75) is 33.1 Å². The molecule has 0 saturated carbocycles. The normalized spacial score (nSPS) is 10.7. The fraction of sp³-hybridized carbons (Fsp3) is 0.316. The van der Waals surface area contributed by atoms with Crippen LogP contribution in [0, 0.1) is 6.92 Å². The molecule has 2 aromatic rings. The standard InChI is InChI=1S/C19H23BrN2O/c1-13(2)15-4-7-17(8-5-15)21-11-10-19(23)22-18-9-6-16(20)12-14(18)3/h4-9,12-13,21H,10-11H2,1-3H3,(H,22,23). The zero-order chi connectivity index (χ0) is 16.8. The van der Waals surface area contributed by atoms with E-state index in [2.05, 4.69) is 64.7 Å². The van der Waals surface area contributed by atoms with E-state index in [1.165, 1.54) is 5.56 Å². The number of aryl methyl sites for hydroxylation is 1. The molecule has 4 heteroatoms. The van der Waals surface area contributed by atoms with Crippen LogP contribution in [0.3, 0.4) is 0 Å². The molecular weight excluding hydrogens is 352 g/mol. The van der Waals surface area contributed by atoms with Crippen LogP contribution in [-0.4, -0.2) is 12.5 Å². The second-order valence-corrected chi connectivity index (χ2v) is 6.88. The van der Waals surface area contributed by atoms with Crippen LogP contribution in [0.15, 0.2) is 46.9 Å². The number of hydrogen-bond acceptors (Lipinski definition) is 2. The lowest BCUT2D eigenvalue weighted by Gasteiger charge is -2.11. The highest BCUT2D eigenvalue weighted by Crippen LogP contribution is 2.20. The van der Waals surface area contributed by atoms with E-state index in [0.717, 1.165) is 21.4 Å². The number of nitrogens with one attached hydrogen (secondary N) is 2. The van der Waals surface area contributed by atoms with Crippen molar-refractivity contribution in [2.24, 2.45) is 0 Å². The summed E-state index contributed by atoms with van der Waals surface area (Å²) in [4.78, 5) is 12.0. The first-order valence-electron chi connectivity index (χ1n) is 7.85. The molecule has 2 rings (SSSR count). The van der Waals surface area contributed by atoms with E-state index in [9.17, 15) is 4.79 Å². The van der Waals surface area contributed by atoms with Gasteiger partial charge in [-0.2, -0.15) is 0 Å². The van der Waals surface area contributed by atoms with Crippen molar-refractivity contribution in [1.29, 1.82) is 0 Å². The highest BCUT2D eigenvalue weighted by Gasteiger charge is 2.05. The lowest BCUT2D eigenvalue weighted by atomic mass is 10.0. The maximum absolute atomic E-state index is 12.0. The molecule has 0 heterocycles. The average molecular weight is 375 g/mol. The second kappa shape index (κ2) is 8.16. The first-order valence-corrected chi connectivity index (χ1v) is 8.65. The van der Waals surface area contributed by atoms with Gasteiger partial charge in [-0.25, -0.2) is 0 Å². The molecule has 0 radical (unpaired) electrons. The van der Waals surface area contributed by atoms with Crippen molar-refractivity contribution in [3.8, 4) is 0 Å². The molecule has 2 aromatic carbocycles. The van der Waals surface area contributed by atoms with Crippen LogP contribution in [0.2, 0.25) is 0 Å². The molecule has 3 nitrogen and oxygen atoms in total. The number of halogens is 1. The molecule has 0 aliphatic rings. The van der Waals surface area contributed by atoms with Crippen molar-refractivity contribution in [3.63, 3.8) is 0 Å². The number of anilines is 2. The Morgan fingerprint density at radius 3 is 2.43 bits per heavy atom. The Kier molecular flexibility index (Phi) is 6.22. The molecule has 0 unspecified atom stereocenters. The van der Waals surface area contributed by atoms with Crippen molar-refractivity contribution in [3.05, 3.63) is 58.1 Å². The van der Waals surface area contributed by atoms with Crippen LogP contribution < -0.4 is 10.6 Å². The number of rotatable bonds is 6. The van der Waals surface area contributed by atoms with Crippen molar-refractivity contribution >= 4 is 33.2 Å². The minimum Gasteiger partial charge on any atom is -0.385 e. The molecule has 122 valence electrons. The molecule has 0 saturated heterocycles. The molecule has 23 heavy (non-hydrogen) atoms. The van der Waals surface area contributed by atoms with Crippen molar-refractivity contribution < 1.29 is 4.79 Å². The number of amides is 1. The van der Waals surface area contributed by atoms with Gasteiger partial charge in [0.15, 0.2) is 0 Å². The van der Waals surface area contributed by atoms with Crippen molar-refractivity contribution in [2.75, 3.05) is 17.2 Å². The molecule has 0 aliphatic carbocycles. The van der Waals surface area contributed by atoms with Crippen LogP contribution in [0.25, 0.3) is 0 Å². The second-order valence-electron chi connectivity index (χ2n) is 5.96. The van der Waals surface area contributed by atoms with E-state index in [0.29, 0.717) is 18.9 Å². The van der Waals surface area contributed by atoms with Gasteiger partial charge in [-0.15, -0.1) is 0 Å². The van der Waals surface area contributed by atoms with E-state index in [-0.39, 0.29) is 5.91 Å². The highest BCUT2D eigenvalue weighted by atomic mass is 79.9.